The first-order chi connectivity index (χ1) is 16.0. The molecule has 0 aliphatic heterocycles. The number of nitrogens with zero attached hydrogens (tertiary/aromatic N) is 1. The second kappa shape index (κ2) is 9.47. The molecule has 0 fully saturated rings. The largest absolute Gasteiger partial charge is 0.507 e. The van der Waals surface area contributed by atoms with Crippen LogP contribution in [0.5, 0.6) is 11.5 Å². The predicted molar refractivity (Wildman–Crippen MR) is 132 cm³/mol. The zero-order chi connectivity index (χ0) is 25.3. The van der Waals surface area contributed by atoms with Gasteiger partial charge < -0.3 is 25.3 Å². The maximum atomic E-state index is 11.8. The molecule has 3 aromatic rings. The predicted octanol–water partition coefficient (Wildman–Crippen LogP) is 5.60. The number of benzene rings is 3. The Morgan fingerprint density at radius 2 is 1.15 bits per heavy atom. The number of carboxylic acid groups (broad SMARTS) is 2. The van der Waals surface area contributed by atoms with Gasteiger partial charge in [0.15, 0.2) is 0 Å². The second-order valence-electron chi connectivity index (χ2n) is 8.31. The van der Waals surface area contributed by atoms with Gasteiger partial charge in [-0.25, -0.2) is 9.59 Å². The number of carboxylic acids is 2. The number of aryl methyl sites for hydroxylation is 3. The molecule has 0 spiro atoms. The van der Waals surface area contributed by atoms with Gasteiger partial charge in [0, 0.05) is 24.3 Å². The van der Waals surface area contributed by atoms with E-state index in [2.05, 4.69) is 4.90 Å². The Hall–Kier alpha value is -4.00. The summed E-state index contributed by atoms with van der Waals surface area (Å²) in [6, 6.07) is 10.3. The van der Waals surface area contributed by atoms with E-state index in [1.54, 1.807) is 26.0 Å². The van der Waals surface area contributed by atoms with Crippen LogP contribution in [0.25, 0.3) is 22.3 Å². The van der Waals surface area contributed by atoms with Crippen molar-refractivity contribution in [1.82, 2.24) is 0 Å². The summed E-state index contributed by atoms with van der Waals surface area (Å²) in [5.74, 6) is -3.06. The van der Waals surface area contributed by atoms with Gasteiger partial charge in [0.25, 0.3) is 0 Å². The Labute approximate surface area is 198 Å². The number of rotatable bonds is 7. The quantitative estimate of drug-likeness (QED) is 0.360. The number of phenols is 2. The van der Waals surface area contributed by atoms with E-state index >= 15 is 0 Å². The van der Waals surface area contributed by atoms with Crippen molar-refractivity contribution in [3.05, 3.63) is 64.2 Å². The summed E-state index contributed by atoms with van der Waals surface area (Å²) in [5.41, 5.74) is 4.79. The molecule has 178 valence electrons. The fraction of sp³-hybridized carbons (Fsp3) is 0.259. The lowest BCUT2D eigenvalue weighted by Gasteiger charge is -2.28. The summed E-state index contributed by atoms with van der Waals surface area (Å²) in [6.07, 6.45) is 0. The third kappa shape index (κ3) is 4.29. The highest BCUT2D eigenvalue weighted by Crippen LogP contribution is 2.44. The lowest BCUT2D eigenvalue weighted by Crippen LogP contribution is -2.23. The molecular weight excluding hydrogens is 434 g/mol. The molecule has 0 heterocycles. The van der Waals surface area contributed by atoms with Crippen molar-refractivity contribution >= 4 is 17.6 Å². The fourth-order valence-corrected chi connectivity index (χ4v) is 4.36. The Morgan fingerprint density at radius 3 is 1.56 bits per heavy atom. The minimum absolute atomic E-state index is 0.207. The molecule has 0 amide bonds. The Balaban J connectivity index is 2.51. The van der Waals surface area contributed by atoms with Crippen LogP contribution < -0.4 is 4.90 Å². The highest BCUT2D eigenvalue weighted by atomic mass is 16.4. The number of hydrogen-bond donors (Lipinski definition) is 4. The van der Waals surface area contributed by atoms with Crippen LogP contribution in [0.4, 0.5) is 5.69 Å². The van der Waals surface area contributed by atoms with Crippen molar-refractivity contribution in [2.75, 3.05) is 18.0 Å². The Kier molecular flexibility index (Phi) is 6.86. The van der Waals surface area contributed by atoms with Gasteiger partial charge in [-0.05, 0) is 98.3 Å². The highest BCUT2D eigenvalue weighted by Gasteiger charge is 2.23. The molecular formula is C27H29NO6. The van der Waals surface area contributed by atoms with Crippen molar-refractivity contribution < 1.29 is 30.0 Å². The summed E-state index contributed by atoms with van der Waals surface area (Å²) < 4.78 is 0. The van der Waals surface area contributed by atoms with Crippen LogP contribution in [0.3, 0.4) is 0 Å². The summed E-state index contributed by atoms with van der Waals surface area (Å²) >= 11 is 0. The SMILES string of the molecule is CCN(CC)c1ccc(C)c(-c2cc(C)c(O)c(C(=O)O)c2)c1-c1cc(C)c(O)c(C(=O)O)c1. The molecule has 0 aliphatic rings. The molecule has 0 aliphatic carbocycles. The van der Waals surface area contributed by atoms with Gasteiger partial charge in [-0.1, -0.05) is 6.07 Å². The monoisotopic (exact) mass is 463 g/mol. The van der Waals surface area contributed by atoms with E-state index in [0.717, 1.165) is 22.4 Å². The molecule has 0 aromatic heterocycles. The van der Waals surface area contributed by atoms with Crippen molar-refractivity contribution in [2.24, 2.45) is 0 Å². The summed E-state index contributed by atoms with van der Waals surface area (Å²) in [4.78, 5) is 25.8. The summed E-state index contributed by atoms with van der Waals surface area (Å²) in [5, 5.41) is 39.9. The lowest BCUT2D eigenvalue weighted by atomic mass is 9.86. The van der Waals surface area contributed by atoms with Gasteiger partial charge in [-0.15, -0.1) is 0 Å². The van der Waals surface area contributed by atoms with Gasteiger partial charge in [0.1, 0.15) is 22.6 Å². The molecule has 4 N–H and O–H groups in total. The molecule has 7 nitrogen and oxygen atoms in total. The van der Waals surface area contributed by atoms with Gasteiger partial charge >= 0.3 is 11.9 Å². The van der Waals surface area contributed by atoms with Gasteiger partial charge in [-0.2, -0.15) is 0 Å². The maximum absolute atomic E-state index is 11.8. The van der Waals surface area contributed by atoms with E-state index in [1.807, 2.05) is 32.9 Å². The van der Waals surface area contributed by atoms with Crippen LogP contribution in [0.15, 0.2) is 36.4 Å². The average Bonchev–Trinajstić information content (AvgIpc) is 2.78. The van der Waals surface area contributed by atoms with E-state index in [0.29, 0.717) is 35.3 Å². The molecule has 0 atom stereocenters. The number of hydrogen-bond acceptors (Lipinski definition) is 5. The smallest absolute Gasteiger partial charge is 0.339 e. The number of anilines is 1. The van der Waals surface area contributed by atoms with E-state index < -0.39 is 11.9 Å². The van der Waals surface area contributed by atoms with Crippen LogP contribution in [-0.4, -0.2) is 45.5 Å². The maximum Gasteiger partial charge on any atom is 0.339 e. The third-order valence-corrected chi connectivity index (χ3v) is 6.13. The fourth-order valence-electron chi connectivity index (χ4n) is 4.36. The van der Waals surface area contributed by atoms with Crippen LogP contribution in [0.2, 0.25) is 0 Å². The van der Waals surface area contributed by atoms with E-state index in [-0.39, 0.29) is 22.6 Å². The van der Waals surface area contributed by atoms with Crippen molar-refractivity contribution in [1.29, 1.82) is 0 Å². The molecule has 34 heavy (non-hydrogen) atoms. The molecule has 7 heteroatoms. The molecule has 0 radical (unpaired) electrons. The minimum Gasteiger partial charge on any atom is -0.507 e. The third-order valence-electron chi connectivity index (χ3n) is 6.13. The second-order valence-corrected chi connectivity index (χ2v) is 8.31. The standard InChI is InChI=1S/C27H29NO6/c1-6-28(7-2)21-9-8-14(3)22(17-10-15(4)24(29)19(12-17)26(31)32)23(21)18-11-16(5)25(30)20(13-18)27(33)34/h8-13,29-30H,6-7H2,1-5H3,(H,31,32)(H,33,34). The van der Waals surface area contributed by atoms with Crippen LogP contribution >= 0.6 is 0 Å². The van der Waals surface area contributed by atoms with Crippen LogP contribution in [0.1, 0.15) is 51.3 Å². The van der Waals surface area contributed by atoms with Crippen LogP contribution in [0, 0.1) is 20.8 Å². The van der Waals surface area contributed by atoms with Crippen molar-refractivity contribution in [3.63, 3.8) is 0 Å². The Morgan fingerprint density at radius 1 is 0.706 bits per heavy atom. The normalized spacial score (nSPS) is 10.9. The van der Waals surface area contributed by atoms with Crippen LogP contribution in [-0.2, 0) is 0 Å². The number of aromatic carboxylic acids is 2. The zero-order valence-electron chi connectivity index (χ0n) is 19.9. The first-order valence-electron chi connectivity index (χ1n) is 11.0. The summed E-state index contributed by atoms with van der Waals surface area (Å²) in [7, 11) is 0. The average molecular weight is 464 g/mol. The first-order valence-corrected chi connectivity index (χ1v) is 11.0. The molecule has 3 aromatic carbocycles. The van der Waals surface area contributed by atoms with Crippen molar-refractivity contribution in [2.45, 2.75) is 34.6 Å². The molecule has 0 saturated heterocycles. The van der Waals surface area contributed by atoms with E-state index in [9.17, 15) is 30.0 Å². The highest BCUT2D eigenvalue weighted by molar-refractivity contribution is 6.00. The van der Waals surface area contributed by atoms with Gasteiger partial charge in [0.05, 0.1) is 0 Å². The van der Waals surface area contributed by atoms with Gasteiger partial charge in [0.2, 0.25) is 0 Å². The molecule has 0 saturated carbocycles. The topological polar surface area (TPSA) is 118 Å². The van der Waals surface area contributed by atoms with Gasteiger partial charge in [-0.3, -0.25) is 0 Å². The van der Waals surface area contributed by atoms with Crippen molar-refractivity contribution in [3.8, 4) is 33.8 Å². The minimum atomic E-state index is -1.24. The lowest BCUT2D eigenvalue weighted by molar-refractivity contribution is 0.0682. The molecule has 3 rings (SSSR count). The zero-order valence-corrected chi connectivity index (χ0v) is 19.9. The Bertz CT molecular complexity index is 1290. The van der Waals surface area contributed by atoms with E-state index in [4.69, 9.17) is 0 Å². The number of carbonyl (C=O) groups is 2. The molecule has 0 unspecified atom stereocenters. The van der Waals surface area contributed by atoms with E-state index in [1.165, 1.54) is 12.1 Å². The molecule has 0 bridgehead atoms. The number of aromatic hydroxyl groups is 2. The first kappa shape index (κ1) is 24.6. The summed E-state index contributed by atoms with van der Waals surface area (Å²) in [6.45, 7) is 10.6.